The largest absolute Gasteiger partial charge is 0.354 e. The number of nitrogens with one attached hydrogen (secondary N) is 2. The van der Waals surface area contributed by atoms with Gasteiger partial charge >= 0.3 is 0 Å². The van der Waals surface area contributed by atoms with Gasteiger partial charge in [0.25, 0.3) is 0 Å². The minimum atomic E-state index is 0.470. The minimum Gasteiger partial charge on any atom is -0.354 e. The molecule has 0 radical (unpaired) electrons. The summed E-state index contributed by atoms with van der Waals surface area (Å²) < 4.78 is 0. The number of rotatable bonds is 7. The molecular formula is C17H24N4. The van der Waals surface area contributed by atoms with Crippen molar-refractivity contribution in [3.8, 4) is 0 Å². The second kappa shape index (κ2) is 7.62. The summed E-state index contributed by atoms with van der Waals surface area (Å²) in [5, 5.41) is 6.64. The fraction of sp³-hybridized carbons (Fsp3) is 0.412. The lowest BCUT2D eigenvalue weighted by Crippen LogP contribution is -2.06. The molecular weight excluding hydrogens is 260 g/mol. The van der Waals surface area contributed by atoms with Crippen LogP contribution in [0.2, 0.25) is 0 Å². The molecule has 0 saturated heterocycles. The van der Waals surface area contributed by atoms with Gasteiger partial charge in [0, 0.05) is 18.4 Å². The lowest BCUT2D eigenvalue weighted by Gasteiger charge is -2.14. The molecule has 0 spiro atoms. The van der Waals surface area contributed by atoms with Gasteiger partial charge < -0.3 is 10.6 Å². The standard InChI is InChI=1S/C17H24N4/c1-4-5-11-18-17-19-12-10-16(21-17)20-15-9-7-6-8-14(15)13(2)3/h6-10,12-13H,4-5,11H2,1-3H3,(H2,18,19,20,21). The van der Waals surface area contributed by atoms with Crippen LogP contribution in [0.15, 0.2) is 36.5 Å². The lowest BCUT2D eigenvalue weighted by atomic mass is 10.0. The van der Waals surface area contributed by atoms with E-state index in [0.717, 1.165) is 30.9 Å². The van der Waals surface area contributed by atoms with Gasteiger partial charge in [-0.15, -0.1) is 0 Å². The van der Waals surface area contributed by atoms with Gasteiger partial charge in [-0.1, -0.05) is 45.4 Å². The molecule has 1 aromatic heterocycles. The number of nitrogens with zero attached hydrogens (tertiary/aromatic N) is 2. The summed E-state index contributed by atoms with van der Waals surface area (Å²) in [6.45, 7) is 7.46. The zero-order valence-corrected chi connectivity index (χ0v) is 13.1. The SMILES string of the molecule is CCCCNc1nccc(Nc2ccccc2C(C)C)n1. The molecule has 2 aromatic rings. The van der Waals surface area contributed by atoms with Crippen LogP contribution in [0.3, 0.4) is 0 Å². The lowest BCUT2D eigenvalue weighted by molar-refractivity contribution is 0.826. The Hall–Kier alpha value is -2.10. The maximum atomic E-state index is 4.51. The van der Waals surface area contributed by atoms with Crippen LogP contribution in [0.5, 0.6) is 0 Å². The molecule has 2 N–H and O–H groups in total. The fourth-order valence-corrected chi connectivity index (χ4v) is 2.14. The van der Waals surface area contributed by atoms with Crippen molar-refractivity contribution in [3.05, 3.63) is 42.1 Å². The van der Waals surface area contributed by atoms with E-state index < -0.39 is 0 Å². The molecule has 0 saturated carbocycles. The summed E-state index contributed by atoms with van der Waals surface area (Å²) >= 11 is 0. The number of anilines is 3. The molecule has 0 aliphatic carbocycles. The highest BCUT2D eigenvalue weighted by atomic mass is 15.1. The maximum absolute atomic E-state index is 4.51. The third kappa shape index (κ3) is 4.45. The zero-order chi connectivity index (χ0) is 15.1. The first-order valence-corrected chi connectivity index (χ1v) is 7.63. The Kier molecular flexibility index (Phi) is 5.55. The predicted octanol–water partition coefficient (Wildman–Crippen LogP) is 4.56. The summed E-state index contributed by atoms with van der Waals surface area (Å²) in [5.74, 6) is 1.96. The monoisotopic (exact) mass is 284 g/mol. The highest BCUT2D eigenvalue weighted by Crippen LogP contribution is 2.26. The molecule has 1 heterocycles. The van der Waals surface area contributed by atoms with E-state index in [2.05, 4.69) is 59.6 Å². The molecule has 112 valence electrons. The van der Waals surface area contributed by atoms with Crippen molar-refractivity contribution in [3.63, 3.8) is 0 Å². The van der Waals surface area contributed by atoms with Crippen LogP contribution in [0.1, 0.15) is 45.1 Å². The van der Waals surface area contributed by atoms with E-state index in [1.165, 1.54) is 5.56 Å². The van der Waals surface area contributed by atoms with E-state index in [1.807, 2.05) is 12.1 Å². The quantitative estimate of drug-likeness (QED) is 0.732. The second-order valence-electron chi connectivity index (χ2n) is 5.41. The van der Waals surface area contributed by atoms with Crippen LogP contribution in [0, 0.1) is 0 Å². The van der Waals surface area contributed by atoms with Gasteiger partial charge in [0.05, 0.1) is 0 Å². The van der Waals surface area contributed by atoms with Crippen molar-refractivity contribution < 1.29 is 0 Å². The summed E-state index contributed by atoms with van der Waals surface area (Å²) in [4.78, 5) is 8.76. The average Bonchev–Trinajstić information content (AvgIpc) is 2.48. The molecule has 2 rings (SSSR count). The van der Waals surface area contributed by atoms with Crippen LogP contribution < -0.4 is 10.6 Å². The van der Waals surface area contributed by atoms with Crippen LogP contribution in [0.25, 0.3) is 0 Å². The Morgan fingerprint density at radius 2 is 1.95 bits per heavy atom. The molecule has 1 aromatic carbocycles. The summed E-state index contributed by atoms with van der Waals surface area (Å²) in [6.07, 6.45) is 4.06. The molecule has 4 nitrogen and oxygen atoms in total. The van der Waals surface area contributed by atoms with Crippen LogP contribution in [-0.4, -0.2) is 16.5 Å². The van der Waals surface area contributed by atoms with Crippen LogP contribution in [0.4, 0.5) is 17.5 Å². The van der Waals surface area contributed by atoms with Crippen molar-refractivity contribution in [2.75, 3.05) is 17.2 Å². The van der Waals surface area contributed by atoms with Crippen molar-refractivity contribution in [2.45, 2.75) is 39.5 Å². The first-order chi connectivity index (χ1) is 10.2. The number of unbranched alkanes of at least 4 members (excludes halogenated alkanes) is 1. The minimum absolute atomic E-state index is 0.470. The fourth-order valence-electron chi connectivity index (χ4n) is 2.14. The number of aromatic nitrogens is 2. The van der Waals surface area contributed by atoms with Gasteiger partial charge in [-0.25, -0.2) is 4.98 Å². The third-order valence-corrected chi connectivity index (χ3v) is 3.31. The molecule has 0 aliphatic heterocycles. The smallest absolute Gasteiger partial charge is 0.224 e. The Labute approximate surface area is 127 Å². The molecule has 0 atom stereocenters. The van der Waals surface area contributed by atoms with E-state index in [0.29, 0.717) is 11.9 Å². The second-order valence-corrected chi connectivity index (χ2v) is 5.41. The van der Waals surface area contributed by atoms with E-state index in [1.54, 1.807) is 6.20 Å². The van der Waals surface area contributed by atoms with Crippen LogP contribution in [-0.2, 0) is 0 Å². The number of hydrogen-bond acceptors (Lipinski definition) is 4. The van der Waals surface area contributed by atoms with Crippen molar-refractivity contribution in [1.29, 1.82) is 0 Å². The number of hydrogen-bond donors (Lipinski definition) is 2. The average molecular weight is 284 g/mol. The number of benzene rings is 1. The molecule has 0 aliphatic rings. The highest BCUT2D eigenvalue weighted by Gasteiger charge is 2.07. The first kappa shape index (κ1) is 15.3. The van der Waals surface area contributed by atoms with Crippen LogP contribution >= 0.6 is 0 Å². The van der Waals surface area contributed by atoms with E-state index in [4.69, 9.17) is 0 Å². The molecule has 0 amide bonds. The van der Waals surface area contributed by atoms with Gasteiger partial charge in [-0.2, -0.15) is 4.98 Å². The molecule has 21 heavy (non-hydrogen) atoms. The van der Waals surface area contributed by atoms with Gasteiger partial charge in [-0.05, 0) is 30.0 Å². The van der Waals surface area contributed by atoms with Crippen molar-refractivity contribution in [2.24, 2.45) is 0 Å². The summed E-state index contributed by atoms with van der Waals surface area (Å²) in [5.41, 5.74) is 2.39. The Morgan fingerprint density at radius 3 is 2.71 bits per heavy atom. The van der Waals surface area contributed by atoms with Gasteiger partial charge in [0.1, 0.15) is 5.82 Å². The van der Waals surface area contributed by atoms with Gasteiger partial charge in [0.15, 0.2) is 0 Å². The summed E-state index contributed by atoms with van der Waals surface area (Å²) in [7, 11) is 0. The Balaban J connectivity index is 2.11. The van der Waals surface area contributed by atoms with E-state index >= 15 is 0 Å². The molecule has 0 fully saturated rings. The maximum Gasteiger partial charge on any atom is 0.224 e. The Morgan fingerprint density at radius 1 is 1.14 bits per heavy atom. The summed E-state index contributed by atoms with van der Waals surface area (Å²) in [6, 6.07) is 10.2. The topological polar surface area (TPSA) is 49.8 Å². The van der Waals surface area contributed by atoms with E-state index in [9.17, 15) is 0 Å². The molecule has 0 bridgehead atoms. The molecule has 4 heteroatoms. The Bertz CT molecular complexity index is 566. The van der Waals surface area contributed by atoms with Crippen molar-refractivity contribution >= 4 is 17.5 Å². The highest BCUT2D eigenvalue weighted by molar-refractivity contribution is 5.61. The van der Waals surface area contributed by atoms with Gasteiger partial charge in [0.2, 0.25) is 5.95 Å². The third-order valence-electron chi connectivity index (χ3n) is 3.31. The first-order valence-electron chi connectivity index (χ1n) is 7.63. The van der Waals surface area contributed by atoms with Crippen molar-refractivity contribution in [1.82, 2.24) is 9.97 Å². The predicted molar refractivity (Wildman–Crippen MR) is 89.2 cm³/mol. The molecule has 0 unspecified atom stereocenters. The number of para-hydroxylation sites is 1. The zero-order valence-electron chi connectivity index (χ0n) is 13.1. The van der Waals surface area contributed by atoms with E-state index in [-0.39, 0.29) is 0 Å². The normalized spacial score (nSPS) is 10.7. The van der Waals surface area contributed by atoms with Gasteiger partial charge in [-0.3, -0.25) is 0 Å².